The summed E-state index contributed by atoms with van der Waals surface area (Å²) in [5.41, 5.74) is 1.68. The molecule has 138 valence electrons. The molecule has 0 unspecified atom stereocenters. The number of ether oxygens (including phenoxy) is 1. The van der Waals surface area contributed by atoms with E-state index in [4.69, 9.17) is 4.74 Å². The van der Waals surface area contributed by atoms with Crippen molar-refractivity contribution in [3.63, 3.8) is 0 Å². The van der Waals surface area contributed by atoms with Gasteiger partial charge in [0.15, 0.2) is 5.69 Å². The highest BCUT2D eigenvalue weighted by molar-refractivity contribution is 7.12. The summed E-state index contributed by atoms with van der Waals surface area (Å²) in [6.07, 6.45) is -4.10. The molecule has 1 aliphatic heterocycles. The van der Waals surface area contributed by atoms with Crippen LogP contribution in [0.4, 0.5) is 24.5 Å². The maximum atomic E-state index is 12.9. The van der Waals surface area contributed by atoms with Crippen molar-refractivity contribution in [2.75, 3.05) is 30.5 Å². The standard InChI is InChI=1S/C16H14F3N3O3S/c1-25-7-12(23)22-5-4-9-6-10(2-3-11(9)22)21-15(24)13-14(16(17,18)19)20-8-26-13/h2-3,6,8H,4-5,7H2,1H3,(H,21,24). The maximum absolute atomic E-state index is 12.9. The van der Waals surface area contributed by atoms with Crippen molar-refractivity contribution in [1.29, 1.82) is 0 Å². The molecular weight excluding hydrogens is 371 g/mol. The van der Waals surface area contributed by atoms with Gasteiger partial charge in [0.25, 0.3) is 11.8 Å². The minimum absolute atomic E-state index is 0.0382. The fourth-order valence-electron chi connectivity index (χ4n) is 2.74. The number of nitrogens with one attached hydrogen (secondary N) is 1. The summed E-state index contributed by atoms with van der Waals surface area (Å²) in [4.78, 5) is 28.5. The molecule has 0 atom stereocenters. The SMILES string of the molecule is COCC(=O)N1CCc2cc(NC(=O)c3scnc3C(F)(F)F)ccc21. The van der Waals surface area contributed by atoms with E-state index in [2.05, 4.69) is 10.3 Å². The number of hydrogen-bond acceptors (Lipinski definition) is 5. The zero-order valence-electron chi connectivity index (χ0n) is 13.6. The quantitative estimate of drug-likeness (QED) is 0.879. The number of aromatic nitrogens is 1. The molecule has 10 heteroatoms. The summed E-state index contributed by atoms with van der Waals surface area (Å²) in [7, 11) is 1.43. The number of carbonyl (C=O) groups excluding carboxylic acids is 2. The number of methoxy groups -OCH3 is 1. The molecule has 2 amide bonds. The predicted molar refractivity (Wildman–Crippen MR) is 89.4 cm³/mol. The van der Waals surface area contributed by atoms with Crippen LogP contribution in [0.5, 0.6) is 0 Å². The molecule has 0 spiro atoms. The topological polar surface area (TPSA) is 71.5 Å². The highest BCUT2D eigenvalue weighted by Crippen LogP contribution is 2.34. The van der Waals surface area contributed by atoms with E-state index in [1.54, 1.807) is 23.1 Å². The monoisotopic (exact) mass is 385 g/mol. The molecule has 1 aromatic carbocycles. The van der Waals surface area contributed by atoms with Crippen LogP contribution >= 0.6 is 11.3 Å². The smallest absolute Gasteiger partial charge is 0.375 e. The van der Waals surface area contributed by atoms with Crippen molar-refractivity contribution in [2.45, 2.75) is 12.6 Å². The first-order valence-electron chi connectivity index (χ1n) is 7.55. The number of amides is 2. The van der Waals surface area contributed by atoms with E-state index in [1.807, 2.05) is 0 Å². The summed E-state index contributed by atoms with van der Waals surface area (Å²) in [6.45, 7) is 0.450. The van der Waals surface area contributed by atoms with Crippen LogP contribution in [-0.2, 0) is 22.1 Å². The van der Waals surface area contributed by atoms with Gasteiger partial charge in [-0.2, -0.15) is 13.2 Å². The predicted octanol–water partition coefficient (Wildman–Crippen LogP) is 2.95. The number of hydrogen-bond donors (Lipinski definition) is 1. The lowest BCUT2D eigenvalue weighted by Crippen LogP contribution is -2.31. The zero-order chi connectivity index (χ0) is 18.9. The second-order valence-corrected chi connectivity index (χ2v) is 6.41. The van der Waals surface area contributed by atoms with Gasteiger partial charge in [0.2, 0.25) is 0 Å². The highest BCUT2D eigenvalue weighted by Gasteiger charge is 2.38. The minimum atomic E-state index is -4.69. The van der Waals surface area contributed by atoms with Crippen molar-refractivity contribution >= 4 is 34.5 Å². The van der Waals surface area contributed by atoms with Crippen LogP contribution in [-0.4, -0.2) is 37.1 Å². The summed E-state index contributed by atoms with van der Waals surface area (Å²) in [6, 6.07) is 4.86. The summed E-state index contributed by atoms with van der Waals surface area (Å²) >= 11 is 0.629. The number of benzene rings is 1. The normalized spacial score (nSPS) is 13.6. The van der Waals surface area contributed by atoms with Gasteiger partial charge in [-0.3, -0.25) is 9.59 Å². The molecule has 6 nitrogen and oxygen atoms in total. The molecule has 2 aromatic rings. The van der Waals surface area contributed by atoms with Gasteiger partial charge >= 0.3 is 6.18 Å². The average molecular weight is 385 g/mol. The molecular formula is C16H14F3N3O3S. The third-order valence-corrected chi connectivity index (χ3v) is 4.67. The van der Waals surface area contributed by atoms with E-state index >= 15 is 0 Å². The summed E-state index contributed by atoms with van der Waals surface area (Å²) in [5.74, 6) is -1.05. The van der Waals surface area contributed by atoms with Gasteiger partial charge in [-0.15, -0.1) is 11.3 Å². The molecule has 0 radical (unpaired) electrons. The first-order valence-corrected chi connectivity index (χ1v) is 8.43. The van der Waals surface area contributed by atoms with E-state index in [0.29, 0.717) is 35.7 Å². The Hall–Kier alpha value is -2.46. The zero-order valence-corrected chi connectivity index (χ0v) is 14.4. The lowest BCUT2D eigenvalue weighted by atomic mass is 10.1. The van der Waals surface area contributed by atoms with Crippen LogP contribution in [0.2, 0.25) is 0 Å². The maximum Gasteiger partial charge on any atom is 0.434 e. The third-order valence-electron chi connectivity index (χ3n) is 3.84. The Balaban J connectivity index is 1.78. The van der Waals surface area contributed by atoms with Gasteiger partial charge in [-0.05, 0) is 30.2 Å². The van der Waals surface area contributed by atoms with Crippen LogP contribution in [0.15, 0.2) is 23.7 Å². The molecule has 1 aromatic heterocycles. The number of halogens is 3. The Morgan fingerprint density at radius 2 is 2.15 bits per heavy atom. The Morgan fingerprint density at radius 3 is 2.85 bits per heavy atom. The molecule has 0 saturated carbocycles. The first kappa shape index (κ1) is 18.3. The Bertz CT molecular complexity index is 851. The van der Waals surface area contributed by atoms with Crippen LogP contribution in [0.1, 0.15) is 20.9 Å². The van der Waals surface area contributed by atoms with E-state index in [9.17, 15) is 22.8 Å². The van der Waals surface area contributed by atoms with Crippen molar-refractivity contribution < 1.29 is 27.5 Å². The van der Waals surface area contributed by atoms with Gasteiger partial charge in [-0.25, -0.2) is 4.98 Å². The van der Waals surface area contributed by atoms with E-state index < -0.39 is 22.7 Å². The lowest BCUT2D eigenvalue weighted by Gasteiger charge is -2.17. The van der Waals surface area contributed by atoms with Crippen molar-refractivity contribution in [1.82, 2.24) is 4.98 Å². The van der Waals surface area contributed by atoms with Gasteiger partial charge < -0.3 is 15.0 Å². The Kier molecular flexibility index (Phi) is 4.97. The highest BCUT2D eigenvalue weighted by atomic mass is 32.1. The van der Waals surface area contributed by atoms with Crippen molar-refractivity contribution in [3.8, 4) is 0 Å². The third kappa shape index (κ3) is 3.56. The van der Waals surface area contributed by atoms with Crippen LogP contribution < -0.4 is 10.2 Å². The molecule has 1 N–H and O–H groups in total. The number of thiazole rings is 1. The molecule has 26 heavy (non-hydrogen) atoms. The first-order chi connectivity index (χ1) is 12.3. The Labute approximate surface area is 150 Å². The molecule has 0 saturated heterocycles. The minimum Gasteiger partial charge on any atom is -0.375 e. The Morgan fingerprint density at radius 1 is 1.38 bits per heavy atom. The molecule has 2 heterocycles. The van der Waals surface area contributed by atoms with Crippen molar-refractivity contribution in [3.05, 3.63) is 39.8 Å². The van der Waals surface area contributed by atoms with E-state index in [-0.39, 0.29) is 12.5 Å². The average Bonchev–Trinajstić information content (AvgIpc) is 3.21. The molecule has 0 bridgehead atoms. The largest absolute Gasteiger partial charge is 0.434 e. The van der Waals surface area contributed by atoms with Crippen LogP contribution in [0, 0.1) is 0 Å². The molecule has 1 aliphatic rings. The summed E-state index contributed by atoms with van der Waals surface area (Å²) in [5, 5.41) is 2.46. The van der Waals surface area contributed by atoms with E-state index in [1.165, 1.54) is 7.11 Å². The fourth-order valence-corrected chi connectivity index (χ4v) is 3.44. The molecule has 0 fully saturated rings. The van der Waals surface area contributed by atoms with Gasteiger partial charge in [0, 0.05) is 25.0 Å². The van der Waals surface area contributed by atoms with E-state index in [0.717, 1.165) is 11.1 Å². The number of anilines is 2. The summed E-state index contributed by atoms with van der Waals surface area (Å²) < 4.78 is 43.4. The van der Waals surface area contributed by atoms with Gasteiger partial charge in [-0.1, -0.05) is 0 Å². The lowest BCUT2D eigenvalue weighted by molar-refractivity contribution is -0.141. The second kappa shape index (κ2) is 7.04. The number of fused-ring (bicyclic) bond motifs is 1. The molecule has 0 aliphatic carbocycles. The number of alkyl halides is 3. The second-order valence-electron chi connectivity index (χ2n) is 5.55. The van der Waals surface area contributed by atoms with Crippen LogP contribution in [0.3, 0.4) is 0 Å². The van der Waals surface area contributed by atoms with Crippen LogP contribution in [0.25, 0.3) is 0 Å². The number of carbonyl (C=O) groups is 2. The number of rotatable bonds is 4. The van der Waals surface area contributed by atoms with Gasteiger partial charge in [0.05, 0.1) is 5.51 Å². The number of nitrogens with zero attached hydrogens (tertiary/aromatic N) is 2. The fraction of sp³-hybridized carbons (Fsp3) is 0.312. The molecule has 3 rings (SSSR count). The van der Waals surface area contributed by atoms with Gasteiger partial charge in [0.1, 0.15) is 11.5 Å². The van der Waals surface area contributed by atoms with Crippen molar-refractivity contribution in [2.24, 2.45) is 0 Å².